The van der Waals surface area contributed by atoms with Crippen molar-refractivity contribution in [3.05, 3.63) is 10.0 Å². The molecule has 0 aliphatic carbocycles. The number of hydrogen-bond acceptors (Lipinski definition) is 5. The van der Waals surface area contributed by atoms with Gasteiger partial charge >= 0.3 is 0 Å². The Hall–Kier alpha value is -0.830. The molecule has 6 heteroatoms. The maximum atomic E-state index is 8.77. The van der Waals surface area contributed by atoms with Crippen LogP contribution in [-0.2, 0) is 4.74 Å². The first-order valence-corrected chi connectivity index (χ1v) is 6.31. The molecule has 2 atom stereocenters. The smallest absolute Gasteiger partial charge is 0.185 e. The summed E-state index contributed by atoms with van der Waals surface area (Å²) in [7, 11) is 0. The Bertz CT molecular complexity index is 409. The topological polar surface area (TPSA) is 57.9 Å². The maximum absolute atomic E-state index is 8.77. The van der Waals surface area contributed by atoms with Crippen molar-refractivity contribution in [2.24, 2.45) is 5.92 Å². The number of thiazole rings is 1. The zero-order valence-corrected chi connectivity index (χ0v) is 10.4. The van der Waals surface area contributed by atoms with Gasteiger partial charge in [0.05, 0.1) is 6.61 Å². The normalized spacial score (nSPS) is 21.7. The van der Waals surface area contributed by atoms with Crippen LogP contribution in [0, 0.1) is 17.2 Å². The van der Waals surface area contributed by atoms with Crippen LogP contribution >= 0.6 is 22.9 Å². The molecule has 1 aromatic rings. The molecule has 1 saturated heterocycles. The fourth-order valence-corrected chi connectivity index (χ4v) is 2.74. The molecular weight excluding hydrogens is 246 g/mol. The molecule has 1 N–H and O–H groups in total. The summed E-state index contributed by atoms with van der Waals surface area (Å²) in [5.74, 6) is 0.508. The third kappa shape index (κ3) is 2.46. The zero-order valence-electron chi connectivity index (χ0n) is 8.86. The van der Waals surface area contributed by atoms with Gasteiger partial charge in [-0.25, -0.2) is 4.98 Å². The molecular formula is C10H12ClN3OS. The summed E-state index contributed by atoms with van der Waals surface area (Å²) >= 11 is 7.09. The van der Waals surface area contributed by atoms with Gasteiger partial charge < -0.3 is 10.1 Å². The van der Waals surface area contributed by atoms with Crippen LogP contribution < -0.4 is 5.32 Å². The highest BCUT2D eigenvalue weighted by Crippen LogP contribution is 2.28. The van der Waals surface area contributed by atoms with E-state index in [0.29, 0.717) is 15.9 Å². The monoisotopic (exact) mass is 257 g/mol. The number of nitriles is 1. The van der Waals surface area contributed by atoms with E-state index in [4.69, 9.17) is 21.6 Å². The number of halogens is 1. The summed E-state index contributed by atoms with van der Waals surface area (Å²) < 4.78 is 5.33. The number of rotatable bonds is 3. The Morgan fingerprint density at radius 3 is 3.12 bits per heavy atom. The lowest BCUT2D eigenvalue weighted by Crippen LogP contribution is -2.25. The number of aromatic nitrogens is 1. The van der Waals surface area contributed by atoms with E-state index in [0.717, 1.165) is 19.6 Å². The quantitative estimate of drug-likeness (QED) is 0.904. The van der Waals surface area contributed by atoms with Crippen molar-refractivity contribution in [3.8, 4) is 6.07 Å². The van der Waals surface area contributed by atoms with E-state index >= 15 is 0 Å². The fraction of sp³-hybridized carbons (Fsp3) is 0.600. The maximum Gasteiger partial charge on any atom is 0.185 e. The number of ether oxygens (including phenoxy) is 1. The Labute approximate surface area is 103 Å². The van der Waals surface area contributed by atoms with Gasteiger partial charge in [0.25, 0.3) is 0 Å². The Balaban J connectivity index is 2.00. The number of nitrogens with one attached hydrogen (secondary N) is 1. The van der Waals surface area contributed by atoms with Crippen LogP contribution in [0.4, 0.5) is 5.13 Å². The van der Waals surface area contributed by atoms with Gasteiger partial charge in [-0.2, -0.15) is 5.26 Å². The van der Waals surface area contributed by atoms with Gasteiger partial charge in [-0.1, -0.05) is 22.9 Å². The van der Waals surface area contributed by atoms with Gasteiger partial charge in [0, 0.05) is 18.6 Å². The van der Waals surface area contributed by atoms with E-state index in [1.165, 1.54) is 11.3 Å². The third-order valence-corrected chi connectivity index (χ3v) is 3.99. The molecule has 4 nitrogen and oxygen atoms in total. The van der Waals surface area contributed by atoms with E-state index < -0.39 is 0 Å². The Morgan fingerprint density at radius 2 is 2.56 bits per heavy atom. The van der Waals surface area contributed by atoms with Crippen molar-refractivity contribution in [1.29, 1.82) is 5.26 Å². The molecule has 0 saturated carbocycles. The van der Waals surface area contributed by atoms with Crippen molar-refractivity contribution in [1.82, 2.24) is 4.98 Å². The van der Waals surface area contributed by atoms with Gasteiger partial charge in [-0.05, 0) is 13.3 Å². The fourth-order valence-electron chi connectivity index (χ4n) is 1.69. The molecule has 0 radical (unpaired) electrons. The SMILES string of the molecule is CC(Nc1nc(Cl)c(C#N)s1)C1CCOC1. The second-order valence-corrected chi connectivity index (χ2v) is 5.16. The summed E-state index contributed by atoms with van der Waals surface area (Å²) in [4.78, 5) is 4.56. The lowest BCUT2D eigenvalue weighted by Gasteiger charge is -2.18. The highest BCUT2D eigenvalue weighted by atomic mass is 35.5. The van der Waals surface area contributed by atoms with Crippen LogP contribution in [0.3, 0.4) is 0 Å². The molecule has 2 heterocycles. The van der Waals surface area contributed by atoms with Gasteiger partial charge in [-0.3, -0.25) is 0 Å². The minimum atomic E-state index is 0.282. The minimum absolute atomic E-state index is 0.282. The zero-order chi connectivity index (χ0) is 11.5. The molecule has 1 aromatic heterocycles. The molecule has 1 aliphatic heterocycles. The summed E-state index contributed by atoms with van der Waals surface area (Å²) in [5, 5.41) is 13.0. The largest absolute Gasteiger partial charge is 0.381 e. The van der Waals surface area contributed by atoms with Gasteiger partial charge in [0.1, 0.15) is 10.9 Å². The molecule has 1 fully saturated rings. The average molecular weight is 258 g/mol. The lowest BCUT2D eigenvalue weighted by molar-refractivity contribution is 0.183. The minimum Gasteiger partial charge on any atom is -0.381 e. The highest BCUT2D eigenvalue weighted by Gasteiger charge is 2.23. The van der Waals surface area contributed by atoms with Crippen LogP contribution in [0.25, 0.3) is 0 Å². The van der Waals surface area contributed by atoms with Crippen LogP contribution in [0.15, 0.2) is 0 Å². The number of nitrogens with zero attached hydrogens (tertiary/aromatic N) is 2. The molecule has 2 unspecified atom stereocenters. The first-order valence-electron chi connectivity index (χ1n) is 5.11. The van der Waals surface area contributed by atoms with Crippen molar-refractivity contribution in [2.45, 2.75) is 19.4 Å². The van der Waals surface area contributed by atoms with Crippen LogP contribution in [0.5, 0.6) is 0 Å². The van der Waals surface area contributed by atoms with Crippen LogP contribution in [0.1, 0.15) is 18.2 Å². The lowest BCUT2D eigenvalue weighted by atomic mass is 10.0. The van der Waals surface area contributed by atoms with Crippen molar-refractivity contribution in [3.63, 3.8) is 0 Å². The van der Waals surface area contributed by atoms with Gasteiger partial charge in [-0.15, -0.1) is 0 Å². The van der Waals surface area contributed by atoms with Crippen molar-refractivity contribution in [2.75, 3.05) is 18.5 Å². The molecule has 1 aliphatic rings. The standard InChI is InChI=1S/C10H12ClN3OS/c1-6(7-2-3-15-5-7)13-10-14-9(11)8(4-12)16-10/h6-7H,2-3,5H2,1H3,(H,13,14). The van der Waals surface area contributed by atoms with E-state index in [2.05, 4.69) is 17.2 Å². The summed E-state index contributed by atoms with van der Waals surface area (Å²) in [6, 6.07) is 2.31. The number of hydrogen-bond donors (Lipinski definition) is 1. The number of anilines is 1. The van der Waals surface area contributed by atoms with E-state index in [9.17, 15) is 0 Å². The van der Waals surface area contributed by atoms with E-state index in [1.54, 1.807) is 0 Å². The summed E-state index contributed by atoms with van der Waals surface area (Å²) in [6.07, 6.45) is 1.07. The second kappa shape index (κ2) is 5.00. The molecule has 0 aromatic carbocycles. The van der Waals surface area contributed by atoms with Gasteiger partial charge in [0.15, 0.2) is 10.3 Å². The first kappa shape index (κ1) is 11.6. The van der Waals surface area contributed by atoms with Crippen molar-refractivity contribution >= 4 is 28.1 Å². The average Bonchev–Trinajstić information content (AvgIpc) is 2.87. The summed E-state index contributed by atoms with van der Waals surface area (Å²) in [6.45, 7) is 3.72. The van der Waals surface area contributed by atoms with E-state index in [-0.39, 0.29) is 11.2 Å². The van der Waals surface area contributed by atoms with Gasteiger partial charge in [0.2, 0.25) is 0 Å². The van der Waals surface area contributed by atoms with Crippen LogP contribution in [-0.4, -0.2) is 24.2 Å². The second-order valence-electron chi connectivity index (χ2n) is 3.81. The van der Waals surface area contributed by atoms with E-state index in [1.807, 2.05) is 6.07 Å². The Kier molecular flexibility index (Phi) is 3.64. The first-order chi connectivity index (χ1) is 7.70. The predicted molar refractivity (Wildman–Crippen MR) is 63.8 cm³/mol. The van der Waals surface area contributed by atoms with Crippen LogP contribution in [0.2, 0.25) is 5.15 Å². The molecule has 0 spiro atoms. The predicted octanol–water partition coefficient (Wildman–Crippen LogP) is 2.51. The molecule has 16 heavy (non-hydrogen) atoms. The molecule has 0 amide bonds. The molecule has 86 valence electrons. The Morgan fingerprint density at radius 1 is 1.75 bits per heavy atom. The third-order valence-electron chi connectivity index (χ3n) is 2.71. The molecule has 0 bridgehead atoms. The summed E-state index contributed by atoms with van der Waals surface area (Å²) in [5.41, 5.74) is 0. The highest BCUT2D eigenvalue weighted by molar-refractivity contribution is 7.16. The van der Waals surface area contributed by atoms with Crippen molar-refractivity contribution < 1.29 is 4.74 Å². The molecule has 2 rings (SSSR count).